The molecule has 0 amide bonds. The highest BCUT2D eigenvalue weighted by molar-refractivity contribution is 5.97. The quantitative estimate of drug-likeness (QED) is 0.571. The van der Waals surface area contributed by atoms with Crippen molar-refractivity contribution in [3.05, 3.63) is 40.1 Å². The predicted octanol–water partition coefficient (Wildman–Crippen LogP) is 2.75. The van der Waals surface area contributed by atoms with Crippen LogP contribution >= 0.6 is 0 Å². The van der Waals surface area contributed by atoms with Gasteiger partial charge in [-0.05, 0) is 19.1 Å². The van der Waals surface area contributed by atoms with E-state index >= 15 is 0 Å². The number of benzene rings is 2. The summed E-state index contributed by atoms with van der Waals surface area (Å²) >= 11 is 0. The molecule has 3 aromatic rings. The largest absolute Gasteiger partial charge is 0.504 e. The number of epoxide rings is 1. The number of hydrogen-bond acceptors (Lipinski definition) is 6. The van der Waals surface area contributed by atoms with Crippen molar-refractivity contribution in [2.24, 2.45) is 0 Å². The van der Waals surface area contributed by atoms with E-state index in [2.05, 4.69) is 0 Å². The molecule has 1 aromatic heterocycles. The van der Waals surface area contributed by atoms with Gasteiger partial charge in [0, 0.05) is 18.1 Å². The van der Waals surface area contributed by atoms with E-state index in [4.69, 9.17) is 18.6 Å². The Morgan fingerprint density at radius 3 is 2.84 bits per heavy atom. The first-order valence-corrected chi connectivity index (χ1v) is 8.11. The molecule has 2 atom stereocenters. The molecule has 2 aromatic carbocycles. The molecule has 0 bridgehead atoms. The highest BCUT2D eigenvalue weighted by Crippen LogP contribution is 2.46. The summed E-state index contributed by atoms with van der Waals surface area (Å²) in [6.45, 7) is 2.65. The van der Waals surface area contributed by atoms with Crippen LogP contribution in [-0.2, 0) is 11.2 Å². The maximum absolute atomic E-state index is 13.0. The minimum absolute atomic E-state index is 0.0685. The SMILES string of the molecule is COc1cc2c(c3oc4c(O)cccc4c(=O)c13)C[C@@H]([C@@]1(C)CO1)O2. The number of phenolic OH excluding ortho intramolecular Hbond substituents is 1. The lowest BCUT2D eigenvalue weighted by Crippen LogP contribution is -2.30. The Morgan fingerprint density at radius 2 is 2.12 bits per heavy atom. The molecule has 1 saturated heterocycles. The van der Waals surface area contributed by atoms with Gasteiger partial charge in [-0.2, -0.15) is 0 Å². The smallest absolute Gasteiger partial charge is 0.204 e. The number of phenols is 1. The lowest BCUT2D eigenvalue weighted by atomic mass is 9.98. The summed E-state index contributed by atoms with van der Waals surface area (Å²) in [6, 6.07) is 6.47. The Labute approximate surface area is 142 Å². The van der Waals surface area contributed by atoms with Gasteiger partial charge in [-0.1, -0.05) is 6.07 Å². The lowest BCUT2D eigenvalue weighted by molar-refractivity contribution is 0.127. The van der Waals surface area contributed by atoms with Crippen LogP contribution < -0.4 is 14.9 Å². The minimum atomic E-state index is -0.308. The van der Waals surface area contributed by atoms with Crippen LogP contribution in [0.4, 0.5) is 0 Å². The van der Waals surface area contributed by atoms with E-state index < -0.39 is 0 Å². The molecule has 1 fully saturated rings. The van der Waals surface area contributed by atoms with E-state index in [9.17, 15) is 9.90 Å². The zero-order chi connectivity index (χ0) is 17.3. The van der Waals surface area contributed by atoms with Crippen molar-refractivity contribution in [2.75, 3.05) is 13.7 Å². The van der Waals surface area contributed by atoms with Crippen molar-refractivity contribution >= 4 is 21.9 Å². The number of methoxy groups -OCH3 is 1. The Kier molecular flexibility index (Phi) is 2.73. The second-order valence-corrected chi connectivity index (χ2v) is 6.76. The Balaban J connectivity index is 1.86. The molecule has 3 heterocycles. The van der Waals surface area contributed by atoms with Crippen molar-refractivity contribution in [3.8, 4) is 17.2 Å². The highest BCUT2D eigenvalue weighted by atomic mass is 16.6. The van der Waals surface area contributed by atoms with Gasteiger partial charge >= 0.3 is 0 Å². The van der Waals surface area contributed by atoms with Crippen LogP contribution in [-0.4, -0.2) is 30.5 Å². The van der Waals surface area contributed by atoms with Gasteiger partial charge in [0.25, 0.3) is 0 Å². The third kappa shape index (κ3) is 1.91. The minimum Gasteiger partial charge on any atom is -0.504 e. The van der Waals surface area contributed by atoms with Gasteiger partial charge in [-0.3, -0.25) is 4.79 Å². The van der Waals surface area contributed by atoms with Crippen molar-refractivity contribution in [3.63, 3.8) is 0 Å². The number of hydrogen-bond donors (Lipinski definition) is 1. The molecule has 6 nitrogen and oxygen atoms in total. The van der Waals surface area contributed by atoms with Crippen molar-refractivity contribution in [1.29, 1.82) is 0 Å². The summed E-state index contributed by atoms with van der Waals surface area (Å²) in [5, 5.41) is 10.8. The molecule has 0 unspecified atom stereocenters. The maximum Gasteiger partial charge on any atom is 0.204 e. The predicted molar refractivity (Wildman–Crippen MR) is 90.7 cm³/mol. The lowest BCUT2D eigenvalue weighted by Gasteiger charge is -2.14. The molecule has 0 radical (unpaired) electrons. The fourth-order valence-electron chi connectivity index (χ4n) is 3.51. The first-order valence-electron chi connectivity index (χ1n) is 8.11. The van der Waals surface area contributed by atoms with E-state index in [0.29, 0.717) is 40.9 Å². The molecule has 0 spiro atoms. The summed E-state index contributed by atoms with van der Waals surface area (Å²) in [4.78, 5) is 13.0. The van der Waals surface area contributed by atoms with Crippen LogP contribution in [0.3, 0.4) is 0 Å². The Morgan fingerprint density at radius 1 is 1.32 bits per heavy atom. The van der Waals surface area contributed by atoms with Crippen LogP contribution in [0.15, 0.2) is 33.5 Å². The van der Waals surface area contributed by atoms with Crippen LogP contribution in [0.1, 0.15) is 12.5 Å². The van der Waals surface area contributed by atoms with Gasteiger partial charge in [0.15, 0.2) is 11.3 Å². The molecule has 0 aliphatic carbocycles. The van der Waals surface area contributed by atoms with Gasteiger partial charge in [-0.15, -0.1) is 0 Å². The second-order valence-electron chi connectivity index (χ2n) is 6.76. The van der Waals surface area contributed by atoms with E-state index in [1.807, 2.05) is 6.92 Å². The van der Waals surface area contributed by atoms with Gasteiger partial charge in [0.05, 0.1) is 19.1 Å². The van der Waals surface area contributed by atoms with Gasteiger partial charge in [-0.25, -0.2) is 0 Å². The van der Waals surface area contributed by atoms with Crippen molar-refractivity contribution < 1.29 is 23.7 Å². The average molecular weight is 340 g/mol. The standard InChI is InChI=1S/C19H16O6/c1-19(8-23-19)14-6-10-12(24-14)7-13(22-2)15-16(21)9-4-3-5-11(20)17(9)25-18(10)15/h3-5,7,14,20H,6,8H2,1-2H3/t14-,19+/m0/s1. The summed E-state index contributed by atoms with van der Waals surface area (Å²) < 4.78 is 22.9. The first kappa shape index (κ1) is 14.6. The molecule has 128 valence electrons. The van der Waals surface area contributed by atoms with Crippen LogP contribution in [0.5, 0.6) is 17.2 Å². The number of fused-ring (bicyclic) bond motifs is 4. The van der Waals surface area contributed by atoms with E-state index in [0.717, 1.165) is 5.56 Å². The maximum atomic E-state index is 13.0. The molecule has 5 rings (SSSR count). The molecular weight excluding hydrogens is 324 g/mol. The van der Waals surface area contributed by atoms with Gasteiger partial charge in [0.1, 0.15) is 34.2 Å². The fraction of sp³-hybridized carbons (Fsp3) is 0.316. The number of para-hydroxylation sites is 1. The molecular formula is C19H16O6. The second kappa shape index (κ2) is 4.67. The monoisotopic (exact) mass is 340 g/mol. The normalized spacial score (nSPS) is 24.3. The third-order valence-corrected chi connectivity index (χ3v) is 5.14. The van der Waals surface area contributed by atoms with E-state index in [-0.39, 0.29) is 28.5 Å². The molecule has 2 aliphatic heterocycles. The van der Waals surface area contributed by atoms with Crippen LogP contribution in [0, 0.1) is 0 Å². The average Bonchev–Trinajstić information content (AvgIpc) is 3.20. The molecule has 0 saturated carbocycles. The highest BCUT2D eigenvalue weighted by Gasteiger charge is 2.51. The molecule has 6 heteroatoms. The number of rotatable bonds is 2. The topological polar surface area (TPSA) is 81.4 Å². The fourth-order valence-corrected chi connectivity index (χ4v) is 3.51. The van der Waals surface area contributed by atoms with Gasteiger partial charge < -0.3 is 23.7 Å². The summed E-state index contributed by atoms with van der Waals surface area (Å²) in [5.41, 5.74) is 0.842. The first-order chi connectivity index (χ1) is 12.0. The van der Waals surface area contributed by atoms with Gasteiger partial charge in [0.2, 0.25) is 5.43 Å². The third-order valence-electron chi connectivity index (χ3n) is 5.14. The molecule has 25 heavy (non-hydrogen) atoms. The van der Waals surface area contributed by atoms with E-state index in [1.165, 1.54) is 13.2 Å². The van der Waals surface area contributed by atoms with Crippen molar-refractivity contribution in [2.45, 2.75) is 25.0 Å². The summed E-state index contributed by atoms with van der Waals surface area (Å²) in [7, 11) is 1.50. The van der Waals surface area contributed by atoms with Crippen molar-refractivity contribution in [1.82, 2.24) is 0 Å². The Bertz CT molecular complexity index is 1090. The Hall–Kier alpha value is -2.73. The summed E-state index contributed by atoms with van der Waals surface area (Å²) in [6.07, 6.45) is 0.442. The van der Waals surface area contributed by atoms with Crippen LogP contribution in [0.25, 0.3) is 21.9 Å². The van der Waals surface area contributed by atoms with E-state index in [1.54, 1.807) is 18.2 Å². The summed E-state index contributed by atoms with van der Waals surface area (Å²) in [5.74, 6) is 0.959. The zero-order valence-electron chi connectivity index (χ0n) is 13.8. The van der Waals surface area contributed by atoms with Crippen LogP contribution in [0.2, 0.25) is 0 Å². The number of aromatic hydroxyl groups is 1. The number of ether oxygens (including phenoxy) is 3. The molecule has 1 N–H and O–H groups in total. The molecule has 2 aliphatic rings. The zero-order valence-corrected chi connectivity index (χ0v) is 13.8.